The van der Waals surface area contributed by atoms with Crippen molar-refractivity contribution < 1.29 is 13.9 Å². The summed E-state index contributed by atoms with van der Waals surface area (Å²) in [5.74, 6) is -0.283. The smallest absolute Gasteiger partial charge is 0.254 e. The fraction of sp³-hybridized carbons (Fsp3) is 0.231. The Labute approximate surface area is 181 Å². The number of hydrogen-bond donors (Lipinski definition) is 0. The van der Waals surface area contributed by atoms with E-state index in [-0.39, 0.29) is 11.7 Å². The monoisotopic (exact) mass is 414 g/mol. The molecule has 0 atom stereocenters. The highest BCUT2D eigenvalue weighted by Crippen LogP contribution is 2.27. The molecule has 0 aliphatic carbocycles. The first-order valence-corrected chi connectivity index (χ1v) is 10.3. The summed E-state index contributed by atoms with van der Waals surface area (Å²) < 4.78 is 19.6. The highest BCUT2D eigenvalue weighted by atomic mass is 19.1. The van der Waals surface area contributed by atoms with E-state index in [2.05, 4.69) is 6.07 Å². The van der Waals surface area contributed by atoms with Crippen molar-refractivity contribution in [2.75, 3.05) is 26.3 Å². The van der Waals surface area contributed by atoms with Gasteiger partial charge < -0.3 is 9.64 Å². The van der Waals surface area contributed by atoms with Crippen LogP contribution in [0.15, 0.2) is 60.7 Å². The Balaban J connectivity index is 1.52. The summed E-state index contributed by atoms with van der Waals surface area (Å²) in [6.07, 6.45) is 0.561. The third kappa shape index (κ3) is 4.65. The van der Waals surface area contributed by atoms with Crippen LogP contribution in [0.4, 0.5) is 4.39 Å². The first-order chi connectivity index (χ1) is 15.0. The molecular weight excluding hydrogens is 391 g/mol. The quantitative estimate of drug-likeness (QED) is 0.620. The van der Waals surface area contributed by atoms with Crippen LogP contribution in [0.25, 0.3) is 11.1 Å². The molecule has 1 saturated heterocycles. The summed E-state index contributed by atoms with van der Waals surface area (Å²) in [5.41, 5.74) is 5.07. The molecule has 156 valence electrons. The number of ether oxygens (including phenoxy) is 1. The molecule has 0 saturated carbocycles. The maximum absolute atomic E-state index is 14.3. The number of amides is 1. The standard InChI is InChI=1S/C26H23FN2O2/c1-18-2-9-24(25(27)14-18)22-8-7-21(23(16-22)17-28)15-19-3-5-20(6-4-19)26(30)29-10-12-31-13-11-29/h2-9,14,16H,10-13,15H2,1H3. The summed E-state index contributed by atoms with van der Waals surface area (Å²) >= 11 is 0. The Bertz CT molecular complexity index is 1140. The number of hydrogen-bond acceptors (Lipinski definition) is 3. The highest BCUT2D eigenvalue weighted by molar-refractivity contribution is 5.94. The van der Waals surface area contributed by atoms with Gasteiger partial charge in [0.15, 0.2) is 0 Å². The molecule has 3 aromatic rings. The van der Waals surface area contributed by atoms with Gasteiger partial charge in [-0.3, -0.25) is 4.79 Å². The molecule has 1 amide bonds. The van der Waals surface area contributed by atoms with Crippen LogP contribution in [0, 0.1) is 24.1 Å². The lowest BCUT2D eigenvalue weighted by Crippen LogP contribution is -2.40. The zero-order valence-corrected chi connectivity index (χ0v) is 17.4. The van der Waals surface area contributed by atoms with Gasteiger partial charge in [0, 0.05) is 24.2 Å². The fourth-order valence-electron chi connectivity index (χ4n) is 3.79. The van der Waals surface area contributed by atoms with E-state index in [1.807, 2.05) is 49.4 Å². The SMILES string of the molecule is Cc1ccc(-c2ccc(Cc3ccc(C(=O)N4CCOCC4)cc3)c(C#N)c2)c(F)c1. The first kappa shape index (κ1) is 20.8. The van der Waals surface area contributed by atoms with E-state index in [1.165, 1.54) is 6.07 Å². The third-order valence-corrected chi connectivity index (χ3v) is 5.56. The predicted molar refractivity (Wildman–Crippen MR) is 117 cm³/mol. The Morgan fingerprint density at radius 3 is 2.48 bits per heavy atom. The van der Waals surface area contributed by atoms with Crippen LogP contribution < -0.4 is 0 Å². The summed E-state index contributed by atoms with van der Waals surface area (Å²) in [5, 5.41) is 9.64. The van der Waals surface area contributed by atoms with Gasteiger partial charge in [-0.25, -0.2) is 4.39 Å². The van der Waals surface area contributed by atoms with Gasteiger partial charge >= 0.3 is 0 Å². The molecule has 1 heterocycles. The molecule has 1 fully saturated rings. The topological polar surface area (TPSA) is 53.3 Å². The van der Waals surface area contributed by atoms with Crippen LogP contribution in [0.1, 0.15) is 32.6 Å². The van der Waals surface area contributed by atoms with Gasteiger partial charge in [-0.05, 0) is 59.9 Å². The Kier molecular flexibility index (Phi) is 6.11. The van der Waals surface area contributed by atoms with Crippen LogP contribution in [0.3, 0.4) is 0 Å². The second-order valence-corrected chi connectivity index (χ2v) is 7.75. The molecule has 0 unspecified atom stereocenters. The van der Waals surface area contributed by atoms with Gasteiger partial charge in [-0.15, -0.1) is 0 Å². The lowest BCUT2D eigenvalue weighted by Gasteiger charge is -2.26. The average molecular weight is 414 g/mol. The van der Waals surface area contributed by atoms with Crippen LogP contribution in [-0.4, -0.2) is 37.1 Å². The molecule has 5 heteroatoms. The second-order valence-electron chi connectivity index (χ2n) is 7.75. The maximum atomic E-state index is 14.3. The third-order valence-electron chi connectivity index (χ3n) is 5.56. The average Bonchev–Trinajstić information content (AvgIpc) is 2.80. The minimum absolute atomic E-state index is 0.0111. The number of halogens is 1. The van der Waals surface area contributed by atoms with Crippen molar-refractivity contribution in [1.82, 2.24) is 4.90 Å². The number of nitriles is 1. The summed E-state index contributed by atoms with van der Waals surface area (Å²) in [6.45, 7) is 4.21. The van der Waals surface area contributed by atoms with E-state index in [4.69, 9.17) is 4.74 Å². The van der Waals surface area contributed by atoms with E-state index in [1.54, 1.807) is 17.0 Å². The van der Waals surface area contributed by atoms with E-state index in [0.717, 1.165) is 16.7 Å². The van der Waals surface area contributed by atoms with E-state index in [9.17, 15) is 14.4 Å². The van der Waals surface area contributed by atoms with Crippen molar-refractivity contribution in [2.24, 2.45) is 0 Å². The molecule has 3 aromatic carbocycles. The lowest BCUT2D eigenvalue weighted by molar-refractivity contribution is 0.0303. The van der Waals surface area contributed by atoms with Crippen LogP contribution >= 0.6 is 0 Å². The summed E-state index contributed by atoms with van der Waals surface area (Å²) in [6, 6.07) is 20.3. The van der Waals surface area contributed by atoms with Crippen LogP contribution in [0.5, 0.6) is 0 Å². The Hall–Kier alpha value is -3.49. The molecule has 0 bridgehead atoms. The maximum Gasteiger partial charge on any atom is 0.254 e. The second kappa shape index (κ2) is 9.11. The van der Waals surface area contributed by atoms with E-state index in [0.29, 0.717) is 55.0 Å². The van der Waals surface area contributed by atoms with Crippen molar-refractivity contribution in [2.45, 2.75) is 13.3 Å². The molecule has 4 rings (SSSR count). The number of carbonyl (C=O) groups is 1. The minimum atomic E-state index is -0.294. The van der Waals surface area contributed by atoms with Crippen molar-refractivity contribution in [3.63, 3.8) is 0 Å². The minimum Gasteiger partial charge on any atom is -0.378 e. The number of nitrogens with zero attached hydrogens (tertiary/aromatic N) is 2. The molecular formula is C26H23FN2O2. The van der Waals surface area contributed by atoms with Gasteiger partial charge in [-0.2, -0.15) is 5.26 Å². The van der Waals surface area contributed by atoms with Gasteiger partial charge in [0.05, 0.1) is 24.8 Å². The molecule has 0 aromatic heterocycles. The molecule has 1 aliphatic rings. The van der Waals surface area contributed by atoms with Gasteiger partial charge in [0.2, 0.25) is 0 Å². The predicted octanol–water partition coefficient (Wildman–Crippen LogP) is 4.74. The molecule has 4 nitrogen and oxygen atoms in total. The zero-order valence-electron chi connectivity index (χ0n) is 17.4. The van der Waals surface area contributed by atoms with E-state index >= 15 is 0 Å². The normalized spacial score (nSPS) is 13.6. The van der Waals surface area contributed by atoms with Crippen LogP contribution in [-0.2, 0) is 11.2 Å². The molecule has 0 radical (unpaired) electrons. The molecule has 0 N–H and O–H groups in total. The molecule has 31 heavy (non-hydrogen) atoms. The number of aryl methyl sites for hydroxylation is 1. The zero-order chi connectivity index (χ0) is 21.8. The molecule has 1 aliphatic heterocycles. The number of carbonyl (C=O) groups excluding carboxylic acids is 1. The van der Waals surface area contributed by atoms with Crippen molar-refractivity contribution >= 4 is 5.91 Å². The summed E-state index contributed by atoms with van der Waals surface area (Å²) in [7, 11) is 0. The Morgan fingerprint density at radius 2 is 1.81 bits per heavy atom. The summed E-state index contributed by atoms with van der Waals surface area (Å²) in [4.78, 5) is 14.4. The van der Waals surface area contributed by atoms with Gasteiger partial charge in [0.25, 0.3) is 5.91 Å². The van der Waals surface area contributed by atoms with Crippen molar-refractivity contribution in [3.8, 4) is 17.2 Å². The lowest BCUT2D eigenvalue weighted by atomic mass is 9.95. The Morgan fingerprint density at radius 1 is 1.06 bits per heavy atom. The number of morpholine rings is 1. The highest BCUT2D eigenvalue weighted by Gasteiger charge is 2.18. The van der Waals surface area contributed by atoms with Crippen LogP contribution in [0.2, 0.25) is 0 Å². The number of rotatable bonds is 4. The number of benzene rings is 3. The first-order valence-electron chi connectivity index (χ1n) is 10.3. The van der Waals surface area contributed by atoms with E-state index < -0.39 is 0 Å². The van der Waals surface area contributed by atoms with Crippen molar-refractivity contribution in [3.05, 3.63) is 94.3 Å². The largest absolute Gasteiger partial charge is 0.378 e. The van der Waals surface area contributed by atoms with Crippen molar-refractivity contribution in [1.29, 1.82) is 5.26 Å². The van der Waals surface area contributed by atoms with Gasteiger partial charge in [-0.1, -0.05) is 36.4 Å². The molecule has 0 spiro atoms. The van der Waals surface area contributed by atoms with Gasteiger partial charge in [0.1, 0.15) is 5.82 Å². The fourth-order valence-corrected chi connectivity index (χ4v) is 3.79.